The summed E-state index contributed by atoms with van der Waals surface area (Å²) in [6, 6.07) is 0. The fraction of sp³-hybridized carbons (Fsp3) is 0.625. The second-order valence-electron chi connectivity index (χ2n) is 2.65. The van der Waals surface area contributed by atoms with Gasteiger partial charge in [-0.25, -0.2) is 4.79 Å². The smallest absolute Gasteiger partial charge is 0.333 e. The molecule has 0 aliphatic carbocycles. The van der Waals surface area contributed by atoms with E-state index in [2.05, 4.69) is 11.3 Å². The molecule has 0 radical (unpaired) electrons. The Morgan fingerprint density at radius 1 is 1.46 bits per heavy atom. The van der Waals surface area contributed by atoms with Crippen LogP contribution in [0.3, 0.4) is 0 Å². The Bertz CT molecular complexity index is 160. The summed E-state index contributed by atoms with van der Waals surface area (Å²) >= 11 is 0. The van der Waals surface area contributed by atoms with Crippen LogP contribution in [0.2, 0.25) is 0 Å². The van der Waals surface area contributed by atoms with Crippen molar-refractivity contribution < 1.29 is 9.53 Å². The molecule has 0 fully saturated rings. The van der Waals surface area contributed by atoms with Gasteiger partial charge in [-0.15, -0.1) is 12.4 Å². The summed E-state index contributed by atoms with van der Waals surface area (Å²) < 4.78 is 4.49. The predicted molar refractivity (Wildman–Crippen MR) is 56.6 cm³/mol. The van der Waals surface area contributed by atoms with Crippen molar-refractivity contribution >= 4 is 18.4 Å². The van der Waals surface area contributed by atoms with Gasteiger partial charge >= 0.3 is 5.97 Å². The lowest BCUT2D eigenvalue weighted by atomic mass is 10.2. The van der Waals surface area contributed by atoms with Crippen LogP contribution in [-0.4, -0.2) is 38.6 Å². The van der Waals surface area contributed by atoms with E-state index in [1.54, 1.807) is 0 Å². The molecule has 80 valence electrons. The minimum Gasteiger partial charge on any atom is -0.466 e. The van der Waals surface area contributed by atoms with Crippen LogP contribution in [0.15, 0.2) is 12.2 Å². The van der Waals surface area contributed by atoms with Gasteiger partial charge in [0.1, 0.15) is 0 Å². The normalized spacial score (nSPS) is 8.31. The SMILES string of the molecule is C=C(CCN(C)C)C(=O)OC.Cl.N. The van der Waals surface area contributed by atoms with E-state index in [-0.39, 0.29) is 24.5 Å². The molecule has 0 spiro atoms. The molecular weight excluding hydrogens is 192 g/mol. The van der Waals surface area contributed by atoms with Crippen LogP contribution in [0.1, 0.15) is 6.42 Å². The van der Waals surface area contributed by atoms with Crippen molar-refractivity contribution in [3.05, 3.63) is 12.2 Å². The molecule has 0 aromatic rings. The summed E-state index contributed by atoms with van der Waals surface area (Å²) in [5, 5.41) is 0. The zero-order valence-electron chi connectivity index (χ0n) is 8.50. The maximum absolute atomic E-state index is 10.8. The van der Waals surface area contributed by atoms with Crippen molar-refractivity contribution in [3.63, 3.8) is 0 Å². The third kappa shape index (κ3) is 9.33. The first kappa shape index (κ1) is 18.3. The number of carbonyl (C=O) groups excluding carboxylic acids is 1. The predicted octanol–water partition coefficient (Wildman–Crippen LogP) is 1.25. The van der Waals surface area contributed by atoms with Crippen LogP contribution >= 0.6 is 12.4 Å². The zero-order valence-corrected chi connectivity index (χ0v) is 9.32. The Morgan fingerprint density at radius 2 is 1.92 bits per heavy atom. The fourth-order valence-electron chi connectivity index (χ4n) is 0.605. The number of methoxy groups -OCH3 is 1. The summed E-state index contributed by atoms with van der Waals surface area (Å²) in [6.45, 7) is 4.42. The van der Waals surface area contributed by atoms with E-state index in [9.17, 15) is 4.79 Å². The Morgan fingerprint density at radius 3 is 2.23 bits per heavy atom. The van der Waals surface area contributed by atoms with Gasteiger partial charge in [0.15, 0.2) is 0 Å². The summed E-state index contributed by atoms with van der Waals surface area (Å²) in [5.74, 6) is -0.313. The lowest BCUT2D eigenvalue weighted by Gasteiger charge is -2.09. The van der Waals surface area contributed by atoms with Crippen molar-refractivity contribution in [2.45, 2.75) is 6.42 Å². The molecule has 0 bridgehead atoms. The average Bonchev–Trinajstić information content (AvgIpc) is 1.98. The second-order valence-corrected chi connectivity index (χ2v) is 2.65. The van der Waals surface area contributed by atoms with Crippen molar-refractivity contribution in [1.82, 2.24) is 11.1 Å². The Balaban J connectivity index is -0.000000500. The van der Waals surface area contributed by atoms with Crippen molar-refractivity contribution in [2.75, 3.05) is 27.7 Å². The molecule has 0 rings (SSSR count). The molecule has 0 amide bonds. The summed E-state index contributed by atoms with van der Waals surface area (Å²) in [4.78, 5) is 12.8. The van der Waals surface area contributed by atoms with E-state index >= 15 is 0 Å². The van der Waals surface area contributed by atoms with Gasteiger partial charge in [0, 0.05) is 12.1 Å². The number of ether oxygens (including phenoxy) is 1. The van der Waals surface area contributed by atoms with E-state index < -0.39 is 0 Å². The molecule has 4 nitrogen and oxygen atoms in total. The molecule has 0 atom stereocenters. The minimum absolute atomic E-state index is 0. The molecule has 13 heavy (non-hydrogen) atoms. The second kappa shape index (κ2) is 9.51. The van der Waals surface area contributed by atoms with E-state index in [1.807, 2.05) is 19.0 Å². The van der Waals surface area contributed by atoms with Crippen molar-refractivity contribution in [1.29, 1.82) is 0 Å². The Hall–Kier alpha value is -0.580. The molecule has 5 heteroatoms. The zero-order chi connectivity index (χ0) is 8.85. The quantitative estimate of drug-likeness (QED) is 0.561. The number of esters is 1. The van der Waals surface area contributed by atoms with E-state index in [0.717, 1.165) is 6.54 Å². The van der Waals surface area contributed by atoms with Crippen LogP contribution in [-0.2, 0) is 9.53 Å². The van der Waals surface area contributed by atoms with Gasteiger partial charge in [0.05, 0.1) is 7.11 Å². The number of halogens is 1. The maximum Gasteiger partial charge on any atom is 0.333 e. The molecule has 0 unspecified atom stereocenters. The lowest BCUT2D eigenvalue weighted by molar-refractivity contribution is -0.136. The molecule has 0 aromatic heterocycles. The average molecular weight is 211 g/mol. The highest BCUT2D eigenvalue weighted by Crippen LogP contribution is 2.00. The number of nitrogens with zero attached hydrogens (tertiary/aromatic N) is 1. The first-order chi connectivity index (χ1) is 5.07. The summed E-state index contributed by atoms with van der Waals surface area (Å²) in [5.41, 5.74) is 0.529. The molecule has 0 aromatic carbocycles. The lowest BCUT2D eigenvalue weighted by Crippen LogP contribution is -2.16. The number of hydrogen-bond donors (Lipinski definition) is 1. The molecule has 0 saturated heterocycles. The molecule has 0 saturated carbocycles. The Kier molecular flexibility index (Phi) is 13.3. The van der Waals surface area contributed by atoms with Gasteiger partial charge in [-0.3, -0.25) is 0 Å². The van der Waals surface area contributed by atoms with E-state index in [0.29, 0.717) is 12.0 Å². The summed E-state index contributed by atoms with van der Waals surface area (Å²) in [7, 11) is 5.26. The van der Waals surface area contributed by atoms with Gasteiger partial charge < -0.3 is 15.8 Å². The van der Waals surface area contributed by atoms with Crippen molar-refractivity contribution in [2.24, 2.45) is 0 Å². The van der Waals surface area contributed by atoms with Gasteiger partial charge in [0.25, 0.3) is 0 Å². The molecular formula is C8H19ClN2O2. The van der Waals surface area contributed by atoms with Crippen molar-refractivity contribution in [3.8, 4) is 0 Å². The highest BCUT2D eigenvalue weighted by atomic mass is 35.5. The van der Waals surface area contributed by atoms with Crippen LogP contribution in [0.25, 0.3) is 0 Å². The highest BCUT2D eigenvalue weighted by Gasteiger charge is 2.05. The van der Waals surface area contributed by atoms with Gasteiger partial charge in [-0.05, 0) is 20.5 Å². The fourth-order valence-corrected chi connectivity index (χ4v) is 0.605. The topological polar surface area (TPSA) is 64.5 Å². The third-order valence-electron chi connectivity index (χ3n) is 1.33. The standard InChI is InChI=1S/C8H15NO2.ClH.H3N/c1-7(8(10)11-4)5-6-9(2)3;;/h1,5-6H2,2-4H3;1H;1H3. The number of hydrogen-bond acceptors (Lipinski definition) is 4. The minimum atomic E-state index is -0.313. The van der Waals surface area contributed by atoms with E-state index in [1.165, 1.54) is 7.11 Å². The third-order valence-corrected chi connectivity index (χ3v) is 1.33. The van der Waals surface area contributed by atoms with Crippen LogP contribution in [0, 0.1) is 0 Å². The molecule has 0 aliphatic heterocycles. The first-order valence-electron chi connectivity index (χ1n) is 3.48. The molecule has 0 aliphatic rings. The monoisotopic (exact) mass is 210 g/mol. The number of carbonyl (C=O) groups is 1. The first-order valence-corrected chi connectivity index (χ1v) is 3.48. The largest absolute Gasteiger partial charge is 0.466 e. The number of rotatable bonds is 4. The van der Waals surface area contributed by atoms with Gasteiger partial charge in [-0.1, -0.05) is 6.58 Å². The van der Waals surface area contributed by atoms with Gasteiger partial charge in [0.2, 0.25) is 0 Å². The van der Waals surface area contributed by atoms with Crippen LogP contribution < -0.4 is 6.15 Å². The Labute approximate surface area is 85.9 Å². The molecule has 3 N–H and O–H groups in total. The maximum atomic E-state index is 10.8. The summed E-state index contributed by atoms with van der Waals surface area (Å²) in [6.07, 6.45) is 0.666. The van der Waals surface area contributed by atoms with Crippen LogP contribution in [0.5, 0.6) is 0 Å². The van der Waals surface area contributed by atoms with E-state index in [4.69, 9.17) is 0 Å². The highest BCUT2D eigenvalue weighted by molar-refractivity contribution is 5.87. The van der Waals surface area contributed by atoms with Gasteiger partial charge in [-0.2, -0.15) is 0 Å². The molecule has 0 heterocycles. The van der Waals surface area contributed by atoms with Crippen LogP contribution in [0.4, 0.5) is 0 Å².